The Hall–Kier alpha value is -3.31. The maximum atomic E-state index is 14.0. The van der Waals surface area contributed by atoms with Crippen molar-refractivity contribution in [2.24, 2.45) is 11.8 Å². The van der Waals surface area contributed by atoms with E-state index in [1.807, 2.05) is 13.8 Å². The van der Waals surface area contributed by atoms with E-state index in [0.717, 1.165) is 0 Å². The monoisotopic (exact) mass is 582 g/mol. The smallest absolute Gasteiger partial charge is 0.202 e. The molecule has 1 saturated carbocycles. The molecule has 0 heterocycles. The van der Waals surface area contributed by atoms with Gasteiger partial charge in [-0.1, -0.05) is 26.0 Å². The molecule has 1 fully saturated rings. The second-order valence-electron chi connectivity index (χ2n) is 12.2. The summed E-state index contributed by atoms with van der Waals surface area (Å²) in [6.45, 7) is 6.36. The van der Waals surface area contributed by atoms with E-state index in [1.54, 1.807) is 26.0 Å². The molecule has 10 nitrogen and oxygen atoms in total. The third-order valence-electron chi connectivity index (χ3n) is 8.86. The van der Waals surface area contributed by atoms with Gasteiger partial charge in [-0.15, -0.1) is 0 Å². The molecule has 0 aliphatic heterocycles. The lowest BCUT2D eigenvalue weighted by molar-refractivity contribution is -0.152. The summed E-state index contributed by atoms with van der Waals surface area (Å²) in [7, 11) is 1.38. The lowest BCUT2D eigenvalue weighted by Crippen LogP contribution is -2.48. The summed E-state index contributed by atoms with van der Waals surface area (Å²) in [6.07, 6.45) is -2.16. The Morgan fingerprint density at radius 2 is 1.74 bits per heavy atom. The highest BCUT2D eigenvalue weighted by Crippen LogP contribution is 2.53. The summed E-state index contributed by atoms with van der Waals surface area (Å²) >= 11 is 0. The van der Waals surface area contributed by atoms with Gasteiger partial charge in [0.2, 0.25) is 5.78 Å². The molecule has 3 aliphatic carbocycles. The van der Waals surface area contributed by atoms with Crippen LogP contribution in [0.2, 0.25) is 0 Å². The van der Waals surface area contributed by atoms with Crippen molar-refractivity contribution in [2.75, 3.05) is 13.7 Å². The Morgan fingerprint density at radius 3 is 2.33 bits per heavy atom. The summed E-state index contributed by atoms with van der Waals surface area (Å²) in [6, 6.07) is 4.64. The van der Waals surface area contributed by atoms with E-state index in [0.29, 0.717) is 12.8 Å². The van der Waals surface area contributed by atoms with Gasteiger partial charge >= 0.3 is 0 Å². The van der Waals surface area contributed by atoms with Crippen LogP contribution in [-0.2, 0) is 16.0 Å². The highest BCUT2D eigenvalue weighted by atomic mass is 16.5. The molecule has 226 valence electrons. The Bertz CT molecular complexity index is 1430. The van der Waals surface area contributed by atoms with E-state index in [-0.39, 0.29) is 69.6 Å². The molecule has 1 unspecified atom stereocenters. The van der Waals surface area contributed by atoms with Crippen LogP contribution in [0.25, 0.3) is 0 Å². The molecule has 42 heavy (non-hydrogen) atoms. The van der Waals surface area contributed by atoms with Crippen molar-refractivity contribution < 1.29 is 49.0 Å². The Balaban J connectivity index is 1.75. The quantitative estimate of drug-likeness (QED) is 0.326. The zero-order valence-electron chi connectivity index (χ0n) is 24.5. The van der Waals surface area contributed by atoms with E-state index in [2.05, 4.69) is 0 Å². The first kappa shape index (κ1) is 30.2. The van der Waals surface area contributed by atoms with Gasteiger partial charge in [0.25, 0.3) is 0 Å². The van der Waals surface area contributed by atoms with Gasteiger partial charge in [0.15, 0.2) is 11.6 Å². The molecule has 2 aromatic rings. The first-order valence-corrected chi connectivity index (χ1v) is 14.4. The van der Waals surface area contributed by atoms with Crippen LogP contribution in [0.5, 0.6) is 17.2 Å². The van der Waals surface area contributed by atoms with Gasteiger partial charge in [0.05, 0.1) is 48.2 Å². The number of carbonyl (C=O) groups excluding carboxylic acids is 3. The van der Waals surface area contributed by atoms with Crippen LogP contribution in [0.4, 0.5) is 0 Å². The number of fused-ring (bicyclic) bond motifs is 3. The summed E-state index contributed by atoms with van der Waals surface area (Å²) in [5, 5.41) is 43.6. The number of hydrogen-bond acceptors (Lipinski definition) is 10. The summed E-state index contributed by atoms with van der Waals surface area (Å²) in [4.78, 5) is 40.9. The molecule has 0 aromatic heterocycles. The number of Topliss-reactive ketones (excluding diaryl/α,β-unsaturated/α-hetero) is 1. The minimum Gasteiger partial charge on any atom is -0.507 e. The van der Waals surface area contributed by atoms with Crippen LogP contribution >= 0.6 is 0 Å². The fourth-order valence-corrected chi connectivity index (χ4v) is 6.85. The van der Waals surface area contributed by atoms with E-state index in [4.69, 9.17) is 14.2 Å². The lowest BCUT2D eigenvalue weighted by atomic mass is 9.71. The molecular formula is C32H38O10. The van der Waals surface area contributed by atoms with Crippen molar-refractivity contribution >= 4 is 17.3 Å². The number of ether oxygens (including phenoxy) is 3. The van der Waals surface area contributed by atoms with Crippen molar-refractivity contribution in [1.29, 1.82) is 0 Å². The zero-order valence-corrected chi connectivity index (χ0v) is 24.5. The van der Waals surface area contributed by atoms with E-state index < -0.39 is 59.7 Å². The van der Waals surface area contributed by atoms with Gasteiger partial charge in [0, 0.05) is 29.5 Å². The number of rotatable bonds is 7. The number of aromatic hydroxyl groups is 1. The maximum absolute atomic E-state index is 14.0. The number of methoxy groups -OCH3 is 1. The first-order valence-electron chi connectivity index (χ1n) is 14.4. The van der Waals surface area contributed by atoms with Crippen LogP contribution in [0, 0.1) is 11.8 Å². The lowest BCUT2D eigenvalue weighted by Gasteiger charge is -2.42. The molecule has 6 atom stereocenters. The maximum Gasteiger partial charge on any atom is 0.202 e. The number of aliphatic hydroxyl groups is 3. The van der Waals surface area contributed by atoms with Crippen LogP contribution in [0.3, 0.4) is 0 Å². The minimum atomic E-state index is -2.09. The summed E-state index contributed by atoms with van der Waals surface area (Å²) in [5.74, 6) is -2.52. The summed E-state index contributed by atoms with van der Waals surface area (Å²) < 4.78 is 18.1. The van der Waals surface area contributed by atoms with Crippen molar-refractivity contribution in [3.63, 3.8) is 0 Å². The topological polar surface area (TPSA) is 160 Å². The first-order chi connectivity index (χ1) is 19.8. The predicted octanol–water partition coefficient (Wildman–Crippen LogP) is 3.06. The highest BCUT2D eigenvalue weighted by Gasteiger charge is 2.50. The minimum absolute atomic E-state index is 0.0158. The predicted molar refractivity (Wildman–Crippen MR) is 150 cm³/mol. The third-order valence-corrected chi connectivity index (χ3v) is 8.86. The van der Waals surface area contributed by atoms with E-state index >= 15 is 0 Å². The van der Waals surface area contributed by atoms with E-state index in [1.165, 1.54) is 13.2 Å². The van der Waals surface area contributed by atoms with Gasteiger partial charge in [-0.3, -0.25) is 14.4 Å². The standard InChI is InChI=1S/C32H38O10/c1-14(2)41-31-19-11-32(39,22(34)13-33)12-21(42-17-9-15(3)27(35)16(4)10-17)24(19)30(38)25-26(31)28(36)18-7-6-8-20(40-5)23(18)29(25)37/h6-8,14-17,21,27,33,35,38-39H,9-13H2,1-5H3/t15-,16+,17?,21-,27-,32-/m0/s1. The van der Waals surface area contributed by atoms with Crippen LogP contribution in [0.1, 0.15) is 96.0 Å². The number of benzene rings is 2. The van der Waals surface area contributed by atoms with Crippen LogP contribution < -0.4 is 9.47 Å². The fraction of sp³-hybridized carbons (Fsp3) is 0.531. The van der Waals surface area contributed by atoms with Gasteiger partial charge in [-0.05, 0) is 44.6 Å². The number of carbonyl (C=O) groups is 3. The SMILES string of the molecule is COc1cccc2c1C(=O)c1c(O)c3c(c(OC(C)C)c1C2=O)C[C@@](O)(C(=O)CO)C[C@@H]3OC1C[C@@H](C)[C@@H](O)[C@@H](C)C1. The molecule has 3 aliphatic rings. The van der Waals surface area contributed by atoms with Crippen molar-refractivity contribution in [2.45, 2.75) is 83.4 Å². The van der Waals surface area contributed by atoms with Gasteiger partial charge in [-0.2, -0.15) is 0 Å². The van der Waals surface area contributed by atoms with E-state index in [9.17, 15) is 34.8 Å². The molecule has 0 saturated heterocycles. The van der Waals surface area contributed by atoms with Crippen molar-refractivity contribution in [1.82, 2.24) is 0 Å². The second-order valence-corrected chi connectivity index (χ2v) is 12.2. The Morgan fingerprint density at radius 1 is 1.07 bits per heavy atom. The van der Waals surface area contributed by atoms with Crippen molar-refractivity contribution in [3.8, 4) is 17.2 Å². The Labute approximate surface area is 244 Å². The molecule has 0 spiro atoms. The number of phenolic OH excluding ortho intramolecular Hbond substituents is 1. The summed E-state index contributed by atoms with van der Waals surface area (Å²) in [5.41, 5.74) is -2.07. The average molecular weight is 583 g/mol. The Kier molecular flexibility index (Phi) is 7.95. The number of aliphatic hydroxyl groups excluding tert-OH is 2. The number of ketones is 3. The molecule has 5 rings (SSSR count). The van der Waals surface area contributed by atoms with Crippen molar-refractivity contribution in [3.05, 3.63) is 51.6 Å². The van der Waals surface area contributed by atoms with Gasteiger partial charge in [-0.25, -0.2) is 0 Å². The third kappa shape index (κ3) is 4.80. The molecule has 0 bridgehead atoms. The zero-order chi connectivity index (χ0) is 30.7. The molecule has 4 N–H and O–H groups in total. The second kappa shape index (κ2) is 11.1. The number of hydrogen-bond donors (Lipinski definition) is 4. The molecule has 0 radical (unpaired) electrons. The number of phenols is 1. The fourth-order valence-electron chi connectivity index (χ4n) is 6.85. The van der Waals surface area contributed by atoms with Crippen LogP contribution in [-0.4, -0.2) is 75.4 Å². The average Bonchev–Trinajstić information content (AvgIpc) is 2.94. The largest absolute Gasteiger partial charge is 0.507 e. The molecule has 10 heteroatoms. The van der Waals surface area contributed by atoms with Gasteiger partial charge < -0.3 is 34.6 Å². The van der Waals surface area contributed by atoms with Gasteiger partial charge in [0.1, 0.15) is 29.5 Å². The molecular weight excluding hydrogens is 544 g/mol. The molecule has 2 aromatic carbocycles. The van der Waals surface area contributed by atoms with Crippen LogP contribution in [0.15, 0.2) is 18.2 Å². The normalized spacial score (nSPS) is 28.6. The molecule has 0 amide bonds. The highest BCUT2D eigenvalue weighted by molar-refractivity contribution is 6.31.